The highest BCUT2D eigenvalue weighted by molar-refractivity contribution is 4.82. The summed E-state index contributed by atoms with van der Waals surface area (Å²) in [5.41, 5.74) is 0. The highest BCUT2D eigenvalue weighted by Gasteiger charge is 2.29. The van der Waals surface area contributed by atoms with Crippen molar-refractivity contribution in [3.8, 4) is 0 Å². The van der Waals surface area contributed by atoms with Gasteiger partial charge in [0.15, 0.2) is 0 Å². The molecular weight excluding hydrogens is 180 g/mol. The largest absolute Gasteiger partial charge is 0.0651 e. The SMILES string of the molecule is [CH2]C1CCC(C2CCC(CC)CC2)CC1. The van der Waals surface area contributed by atoms with Gasteiger partial charge < -0.3 is 0 Å². The van der Waals surface area contributed by atoms with Gasteiger partial charge in [-0.05, 0) is 49.4 Å². The summed E-state index contributed by atoms with van der Waals surface area (Å²) in [6.45, 7) is 6.56. The van der Waals surface area contributed by atoms with Crippen LogP contribution in [0.1, 0.15) is 64.7 Å². The Hall–Kier alpha value is 0. The first kappa shape index (κ1) is 11.5. The van der Waals surface area contributed by atoms with E-state index in [1.807, 2.05) is 0 Å². The predicted molar refractivity (Wildman–Crippen MR) is 66.5 cm³/mol. The lowest BCUT2D eigenvalue weighted by atomic mass is 9.69. The monoisotopic (exact) mass is 207 g/mol. The van der Waals surface area contributed by atoms with Crippen LogP contribution >= 0.6 is 0 Å². The second kappa shape index (κ2) is 5.37. The van der Waals surface area contributed by atoms with Crippen molar-refractivity contribution in [2.45, 2.75) is 64.7 Å². The van der Waals surface area contributed by atoms with Crippen LogP contribution in [0.5, 0.6) is 0 Å². The van der Waals surface area contributed by atoms with Gasteiger partial charge in [0.05, 0.1) is 0 Å². The molecule has 2 fully saturated rings. The topological polar surface area (TPSA) is 0 Å². The van der Waals surface area contributed by atoms with Crippen LogP contribution < -0.4 is 0 Å². The Morgan fingerprint density at radius 1 is 0.800 bits per heavy atom. The van der Waals surface area contributed by atoms with Crippen molar-refractivity contribution >= 4 is 0 Å². The third-order valence-corrected chi connectivity index (χ3v) is 5.03. The van der Waals surface area contributed by atoms with Crippen molar-refractivity contribution in [2.75, 3.05) is 0 Å². The van der Waals surface area contributed by atoms with Gasteiger partial charge in [-0.2, -0.15) is 0 Å². The van der Waals surface area contributed by atoms with Gasteiger partial charge in [-0.25, -0.2) is 0 Å². The first-order valence-electron chi connectivity index (χ1n) is 7.12. The van der Waals surface area contributed by atoms with Crippen molar-refractivity contribution in [3.63, 3.8) is 0 Å². The Morgan fingerprint density at radius 2 is 1.27 bits per heavy atom. The molecule has 2 aliphatic rings. The number of hydrogen-bond donors (Lipinski definition) is 0. The zero-order valence-electron chi connectivity index (χ0n) is 10.4. The molecule has 0 heteroatoms. The summed E-state index contributed by atoms with van der Waals surface area (Å²) in [6, 6.07) is 0. The van der Waals surface area contributed by atoms with Crippen molar-refractivity contribution < 1.29 is 0 Å². The molecule has 2 rings (SSSR count). The van der Waals surface area contributed by atoms with E-state index >= 15 is 0 Å². The van der Waals surface area contributed by atoms with E-state index in [-0.39, 0.29) is 0 Å². The van der Waals surface area contributed by atoms with Gasteiger partial charge >= 0.3 is 0 Å². The molecule has 1 radical (unpaired) electrons. The van der Waals surface area contributed by atoms with Crippen LogP contribution in [0, 0.1) is 30.6 Å². The molecule has 0 atom stereocenters. The van der Waals surface area contributed by atoms with Crippen LogP contribution in [0.15, 0.2) is 0 Å². The van der Waals surface area contributed by atoms with Gasteiger partial charge in [-0.15, -0.1) is 0 Å². The van der Waals surface area contributed by atoms with E-state index in [1.165, 1.54) is 57.8 Å². The van der Waals surface area contributed by atoms with Gasteiger partial charge in [-0.3, -0.25) is 0 Å². The summed E-state index contributed by atoms with van der Waals surface area (Å²) in [6.07, 6.45) is 13.3. The summed E-state index contributed by atoms with van der Waals surface area (Å²) < 4.78 is 0. The summed E-state index contributed by atoms with van der Waals surface area (Å²) >= 11 is 0. The molecule has 0 unspecified atom stereocenters. The second-order valence-electron chi connectivity index (χ2n) is 5.97. The lowest BCUT2D eigenvalue weighted by Crippen LogP contribution is -2.25. The van der Waals surface area contributed by atoms with Crippen LogP contribution in [0.2, 0.25) is 0 Å². The minimum Gasteiger partial charge on any atom is -0.0651 e. The minimum absolute atomic E-state index is 0.772. The fourth-order valence-corrected chi connectivity index (χ4v) is 3.73. The number of hydrogen-bond acceptors (Lipinski definition) is 0. The average Bonchev–Trinajstić information content (AvgIpc) is 2.30. The Bertz CT molecular complexity index is 168. The highest BCUT2D eigenvalue weighted by atomic mass is 14.3. The van der Waals surface area contributed by atoms with Crippen LogP contribution in [-0.4, -0.2) is 0 Å². The molecular formula is C15H27. The maximum Gasteiger partial charge on any atom is -0.0386 e. The molecule has 15 heavy (non-hydrogen) atoms. The third-order valence-electron chi connectivity index (χ3n) is 5.03. The molecule has 0 amide bonds. The van der Waals surface area contributed by atoms with Gasteiger partial charge in [0, 0.05) is 0 Å². The summed E-state index contributed by atoms with van der Waals surface area (Å²) in [5.74, 6) is 3.99. The van der Waals surface area contributed by atoms with Crippen LogP contribution in [0.4, 0.5) is 0 Å². The van der Waals surface area contributed by atoms with E-state index in [1.54, 1.807) is 0 Å². The van der Waals surface area contributed by atoms with Crippen molar-refractivity contribution in [2.24, 2.45) is 23.7 Å². The Morgan fingerprint density at radius 3 is 1.73 bits per heavy atom. The standard InChI is InChI=1S/C15H27/c1-3-13-6-10-15(11-7-13)14-8-4-12(2)5-9-14/h12-15H,2-11H2,1H3. The molecule has 0 bridgehead atoms. The van der Waals surface area contributed by atoms with E-state index < -0.39 is 0 Å². The predicted octanol–water partition coefficient (Wildman–Crippen LogP) is 4.84. The first-order valence-corrected chi connectivity index (χ1v) is 7.12. The normalized spacial score (nSPS) is 42.8. The Balaban J connectivity index is 1.75. The van der Waals surface area contributed by atoms with Crippen molar-refractivity contribution in [3.05, 3.63) is 6.92 Å². The zero-order chi connectivity index (χ0) is 10.7. The Labute approximate surface area is 95.8 Å². The van der Waals surface area contributed by atoms with Crippen LogP contribution in [-0.2, 0) is 0 Å². The Kier molecular flexibility index (Phi) is 4.11. The van der Waals surface area contributed by atoms with Gasteiger partial charge in [0.2, 0.25) is 0 Å². The quantitative estimate of drug-likeness (QED) is 0.607. The fourth-order valence-electron chi connectivity index (χ4n) is 3.73. The zero-order valence-corrected chi connectivity index (χ0v) is 10.4. The van der Waals surface area contributed by atoms with E-state index in [9.17, 15) is 0 Å². The smallest absolute Gasteiger partial charge is 0.0386 e. The molecule has 0 aromatic carbocycles. The second-order valence-corrected chi connectivity index (χ2v) is 5.97. The van der Waals surface area contributed by atoms with E-state index in [4.69, 9.17) is 0 Å². The fraction of sp³-hybridized carbons (Fsp3) is 0.933. The molecule has 0 aromatic heterocycles. The average molecular weight is 207 g/mol. The summed E-state index contributed by atoms with van der Waals surface area (Å²) in [7, 11) is 0. The minimum atomic E-state index is 0.772. The first-order chi connectivity index (χ1) is 7.29. The van der Waals surface area contributed by atoms with Crippen molar-refractivity contribution in [1.82, 2.24) is 0 Å². The van der Waals surface area contributed by atoms with Crippen LogP contribution in [0.3, 0.4) is 0 Å². The number of rotatable bonds is 2. The maximum absolute atomic E-state index is 4.20. The molecule has 0 aliphatic heterocycles. The van der Waals surface area contributed by atoms with Gasteiger partial charge in [0.1, 0.15) is 0 Å². The van der Waals surface area contributed by atoms with Crippen molar-refractivity contribution in [1.29, 1.82) is 0 Å². The third kappa shape index (κ3) is 2.98. The van der Waals surface area contributed by atoms with Crippen LogP contribution in [0.25, 0.3) is 0 Å². The lowest BCUT2D eigenvalue weighted by Gasteiger charge is -2.37. The summed E-state index contributed by atoms with van der Waals surface area (Å²) in [4.78, 5) is 0. The molecule has 0 N–H and O–H groups in total. The molecule has 0 spiro atoms. The molecule has 2 saturated carbocycles. The molecule has 2 aliphatic carbocycles. The van der Waals surface area contributed by atoms with Gasteiger partial charge in [0.25, 0.3) is 0 Å². The van der Waals surface area contributed by atoms with E-state index in [0.29, 0.717) is 0 Å². The lowest BCUT2D eigenvalue weighted by molar-refractivity contribution is 0.154. The molecule has 0 saturated heterocycles. The summed E-state index contributed by atoms with van der Waals surface area (Å²) in [5, 5.41) is 0. The molecule has 0 nitrogen and oxygen atoms in total. The van der Waals surface area contributed by atoms with Gasteiger partial charge in [-0.1, -0.05) is 46.0 Å². The van der Waals surface area contributed by atoms with E-state index in [0.717, 1.165) is 23.7 Å². The molecule has 0 aromatic rings. The van der Waals surface area contributed by atoms with E-state index in [2.05, 4.69) is 13.8 Å². The maximum atomic E-state index is 4.20. The molecule has 0 heterocycles. The molecule has 87 valence electrons. The highest BCUT2D eigenvalue weighted by Crippen LogP contribution is 2.41.